The van der Waals surface area contributed by atoms with Gasteiger partial charge in [0.25, 0.3) is 0 Å². The van der Waals surface area contributed by atoms with Crippen LogP contribution in [0.4, 0.5) is 0 Å². The van der Waals surface area contributed by atoms with Crippen molar-refractivity contribution in [3.05, 3.63) is 51.8 Å². The number of para-hydroxylation sites is 1. The lowest BCUT2D eigenvalue weighted by molar-refractivity contribution is 0.460. The third kappa shape index (κ3) is 2.48. The molecule has 0 fully saturated rings. The molecule has 2 N–H and O–H groups in total. The molecule has 1 aromatic heterocycles. The van der Waals surface area contributed by atoms with Gasteiger partial charge in [-0.25, -0.2) is 0 Å². The average Bonchev–Trinajstić information content (AvgIpc) is 2.50. The molecule has 20 heavy (non-hydrogen) atoms. The third-order valence-corrected chi connectivity index (χ3v) is 4.04. The Morgan fingerprint density at radius 2 is 2.00 bits per heavy atom. The van der Waals surface area contributed by atoms with Gasteiger partial charge in [0.1, 0.15) is 0 Å². The van der Waals surface area contributed by atoms with Crippen LogP contribution in [-0.2, 0) is 6.42 Å². The molecule has 3 rings (SSSR count). The Balaban J connectivity index is 1.89. The van der Waals surface area contributed by atoms with E-state index in [0.717, 1.165) is 24.8 Å². The summed E-state index contributed by atoms with van der Waals surface area (Å²) in [7, 11) is 0. The lowest BCUT2D eigenvalue weighted by atomic mass is 9.95. The highest BCUT2D eigenvalue weighted by molar-refractivity contribution is 5.80. The molecule has 3 nitrogen and oxygen atoms in total. The maximum Gasteiger partial charge on any atom is 0.231 e. The van der Waals surface area contributed by atoms with Crippen LogP contribution in [0.1, 0.15) is 37.8 Å². The Labute approximate surface area is 118 Å². The van der Waals surface area contributed by atoms with Crippen LogP contribution >= 0.6 is 0 Å². The minimum Gasteiger partial charge on any atom is -0.503 e. The van der Waals surface area contributed by atoms with Crippen LogP contribution < -0.4 is 5.43 Å². The van der Waals surface area contributed by atoms with Gasteiger partial charge in [0.05, 0.1) is 5.69 Å². The number of allylic oxidation sites excluding steroid dienone is 2. The number of rotatable bonds is 3. The van der Waals surface area contributed by atoms with Crippen molar-refractivity contribution in [1.29, 1.82) is 0 Å². The zero-order valence-electron chi connectivity index (χ0n) is 11.5. The molecule has 3 heteroatoms. The van der Waals surface area contributed by atoms with E-state index in [2.05, 4.69) is 11.1 Å². The lowest BCUT2D eigenvalue weighted by Gasteiger charge is -2.13. The van der Waals surface area contributed by atoms with Gasteiger partial charge in [-0.05, 0) is 50.7 Å². The first-order valence-electron chi connectivity index (χ1n) is 7.26. The second-order valence-electron chi connectivity index (χ2n) is 5.44. The molecular formula is C17H19NO2. The van der Waals surface area contributed by atoms with Crippen LogP contribution in [0.3, 0.4) is 0 Å². The summed E-state index contributed by atoms with van der Waals surface area (Å²) >= 11 is 0. The van der Waals surface area contributed by atoms with Gasteiger partial charge < -0.3 is 10.1 Å². The van der Waals surface area contributed by atoms with E-state index in [4.69, 9.17) is 0 Å². The molecule has 0 radical (unpaired) electrons. The van der Waals surface area contributed by atoms with Crippen molar-refractivity contribution in [1.82, 2.24) is 4.98 Å². The molecule has 1 heterocycles. The van der Waals surface area contributed by atoms with Crippen molar-refractivity contribution in [2.75, 3.05) is 0 Å². The maximum atomic E-state index is 12.1. The van der Waals surface area contributed by atoms with Crippen molar-refractivity contribution in [2.24, 2.45) is 0 Å². The molecule has 2 aromatic rings. The number of aromatic hydroxyl groups is 1. The number of aromatic amines is 1. The quantitative estimate of drug-likeness (QED) is 0.835. The third-order valence-electron chi connectivity index (χ3n) is 4.04. The predicted molar refractivity (Wildman–Crippen MR) is 81.1 cm³/mol. The molecule has 1 aliphatic carbocycles. The van der Waals surface area contributed by atoms with Gasteiger partial charge in [0, 0.05) is 10.9 Å². The van der Waals surface area contributed by atoms with Gasteiger partial charge in [-0.15, -0.1) is 0 Å². The summed E-state index contributed by atoms with van der Waals surface area (Å²) in [5, 5.41) is 10.6. The molecule has 0 saturated heterocycles. The molecule has 0 spiro atoms. The number of pyridine rings is 1. The van der Waals surface area contributed by atoms with E-state index in [9.17, 15) is 9.90 Å². The Kier molecular flexibility index (Phi) is 3.59. The van der Waals surface area contributed by atoms with Gasteiger partial charge in [0.2, 0.25) is 5.43 Å². The number of H-pyrrole nitrogens is 1. The topological polar surface area (TPSA) is 53.1 Å². The summed E-state index contributed by atoms with van der Waals surface area (Å²) in [4.78, 5) is 15.3. The van der Waals surface area contributed by atoms with Gasteiger partial charge in [-0.3, -0.25) is 4.79 Å². The van der Waals surface area contributed by atoms with Crippen molar-refractivity contribution in [3.8, 4) is 5.75 Å². The lowest BCUT2D eigenvalue weighted by Crippen LogP contribution is -2.07. The number of benzene rings is 1. The Morgan fingerprint density at radius 3 is 2.80 bits per heavy atom. The van der Waals surface area contributed by atoms with Crippen molar-refractivity contribution < 1.29 is 5.11 Å². The highest BCUT2D eigenvalue weighted by atomic mass is 16.3. The first-order valence-corrected chi connectivity index (χ1v) is 7.26. The average molecular weight is 269 g/mol. The normalized spacial score (nSPS) is 15.3. The summed E-state index contributed by atoms with van der Waals surface area (Å²) in [6, 6.07) is 7.31. The van der Waals surface area contributed by atoms with Crippen LogP contribution in [0, 0.1) is 0 Å². The molecular weight excluding hydrogens is 250 g/mol. The molecule has 0 saturated carbocycles. The van der Waals surface area contributed by atoms with Gasteiger partial charge in [-0.1, -0.05) is 23.8 Å². The number of hydrogen-bond acceptors (Lipinski definition) is 2. The second-order valence-corrected chi connectivity index (χ2v) is 5.44. The Morgan fingerprint density at radius 1 is 1.15 bits per heavy atom. The molecule has 0 aliphatic heterocycles. The highest BCUT2D eigenvalue weighted by Crippen LogP contribution is 2.24. The fourth-order valence-electron chi connectivity index (χ4n) is 2.87. The fraction of sp³-hybridized carbons (Fsp3) is 0.353. The van der Waals surface area contributed by atoms with Crippen LogP contribution in [0.2, 0.25) is 0 Å². The highest BCUT2D eigenvalue weighted by Gasteiger charge is 2.11. The fourth-order valence-corrected chi connectivity index (χ4v) is 2.87. The van der Waals surface area contributed by atoms with E-state index >= 15 is 0 Å². The van der Waals surface area contributed by atoms with Crippen molar-refractivity contribution in [3.63, 3.8) is 0 Å². The summed E-state index contributed by atoms with van der Waals surface area (Å²) in [6.07, 6.45) is 8.76. The monoisotopic (exact) mass is 269 g/mol. The van der Waals surface area contributed by atoms with Gasteiger partial charge in [0.15, 0.2) is 5.75 Å². The van der Waals surface area contributed by atoms with E-state index in [0.29, 0.717) is 17.5 Å². The molecule has 0 bridgehead atoms. The van der Waals surface area contributed by atoms with Crippen molar-refractivity contribution >= 4 is 10.9 Å². The Hall–Kier alpha value is -2.03. The predicted octanol–water partition coefficient (Wildman–Crippen LogP) is 3.67. The summed E-state index contributed by atoms with van der Waals surface area (Å²) in [5.74, 6) is -0.125. The number of nitrogens with one attached hydrogen (secondary N) is 1. The summed E-state index contributed by atoms with van der Waals surface area (Å²) < 4.78 is 0. The molecule has 104 valence electrons. The number of hydrogen-bond donors (Lipinski definition) is 2. The van der Waals surface area contributed by atoms with Crippen LogP contribution in [-0.4, -0.2) is 10.1 Å². The molecule has 0 amide bonds. The number of aryl methyl sites for hydroxylation is 1. The minimum atomic E-state index is -0.271. The van der Waals surface area contributed by atoms with E-state index < -0.39 is 0 Å². The first-order chi connectivity index (χ1) is 9.75. The SMILES string of the molecule is O=c1c(O)c(CCC2=CCCCC2)[nH]c2ccccc12. The van der Waals surface area contributed by atoms with Crippen LogP contribution in [0.15, 0.2) is 40.7 Å². The zero-order valence-corrected chi connectivity index (χ0v) is 11.5. The largest absolute Gasteiger partial charge is 0.503 e. The molecule has 0 unspecified atom stereocenters. The van der Waals surface area contributed by atoms with E-state index in [1.54, 1.807) is 6.07 Å². The summed E-state index contributed by atoms with van der Waals surface area (Å²) in [5.41, 5.74) is 2.62. The zero-order chi connectivity index (χ0) is 13.9. The molecule has 1 aliphatic rings. The van der Waals surface area contributed by atoms with Gasteiger partial charge in [-0.2, -0.15) is 0 Å². The van der Waals surface area contributed by atoms with E-state index in [-0.39, 0.29) is 11.2 Å². The maximum absolute atomic E-state index is 12.1. The van der Waals surface area contributed by atoms with E-state index in [1.807, 2.05) is 18.2 Å². The summed E-state index contributed by atoms with van der Waals surface area (Å²) in [6.45, 7) is 0. The standard InChI is InChI=1S/C17H19NO2/c19-16-13-8-4-5-9-14(13)18-15(17(16)20)11-10-12-6-2-1-3-7-12/h4-6,8-9,20H,1-3,7,10-11H2,(H,18,19). The second kappa shape index (κ2) is 5.53. The number of fused-ring (bicyclic) bond motifs is 1. The van der Waals surface area contributed by atoms with E-state index in [1.165, 1.54) is 18.4 Å². The van der Waals surface area contributed by atoms with Crippen LogP contribution in [0.25, 0.3) is 10.9 Å². The minimum absolute atomic E-state index is 0.125. The molecule has 0 atom stereocenters. The smallest absolute Gasteiger partial charge is 0.231 e. The Bertz CT molecular complexity index is 712. The van der Waals surface area contributed by atoms with Gasteiger partial charge >= 0.3 is 0 Å². The van der Waals surface area contributed by atoms with Crippen LogP contribution in [0.5, 0.6) is 5.75 Å². The van der Waals surface area contributed by atoms with Crippen molar-refractivity contribution in [2.45, 2.75) is 38.5 Å². The molecule has 1 aromatic carbocycles. The first kappa shape index (κ1) is 13.0. The number of aromatic nitrogens is 1.